The van der Waals surface area contributed by atoms with Crippen LogP contribution in [-0.4, -0.2) is 19.8 Å². The Balaban J connectivity index is 1.43. The molecule has 0 amide bonds. The van der Waals surface area contributed by atoms with Crippen LogP contribution >= 0.6 is 45.2 Å². The van der Waals surface area contributed by atoms with Crippen molar-refractivity contribution in [1.82, 2.24) is 0 Å². The first-order valence-electron chi connectivity index (χ1n) is 11.8. The Morgan fingerprint density at radius 1 is 0.943 bits per heavy atom. The van der Waals surface area contributed by atoms with E-state index in [1.165, 1.54) is 18.3 Å². The molecule has 0 aromatic heterocycles. The SMILES string of the molecule is CCC1(COc2cc(I)c(Oc3ccc([I+]c4ccc(C(C)(C)C)cc4)c(C)c3)cc2I)COC1. The number of aryl methyl sites for hydroxylation is 1. The number of rotatable bonds is 8. The zero-order valence-corrected chi connectivity index (χ0v) is 27.4. The first-order valence-corrected chi connectivity index (χ1v) is 16.1. The fourth-order valence-corrected chi connectivity index (χ4v) is 7.23. The highest BCUT2D eigenvalue weighted by Crippen LogP contribution is 2.37. The summed E-state index contributed by atoms with van der Waals surface area (Å²) in [5, 5.41) is 0. The van der Waals surface area contributed by atoms with Gasteiger partial charge in [-0.15, -0.1) is 0 Å². The Morgan fingerprint density at radius 2 is 1.60 bits per heavy atom. The van der Waals surface area contributed by atoms with Gasteiger partial charge in [0.2, 0.25) is 0 Å². The third-order valence-corrected chi connectivity index (χ3v) is 11.2. The predicted octanol–water partition coefficient (Wildman–Crippen LogP) is 5.23. The lowest BCUT2D eigenvalue weighted by atomic mass is 9.84. The van der Waals surface area contributed by atoms with E-state index in [1.54, 1.807) is 0 Å². The van der Waals surface area contributed by atoms with Crippen LogP contribution in [0, 0.1) is 26.6 Å². The minimum absolute atomic E-state index is 0.167. The summed E-state index contributed by atoms with van der Waals surface area (Å²) in [6.45, 7) is 13.4. The third-order valence-electron chi connectivity index (χ3n) is 6.37. The Morgan fingerprint density at radius 3 is 2.17 bits per heavy atom. The fourth-order valence-electron chi connectivity index (χ4n) is 3.75. The second kappa shape index (κ2) is 11.4. The molecule has 4 rings (SSSR count). The van der Waals surface area contributed by atoms with E-state index in [-0.39, 0.29) is 32.0 Å². The number of halogens is 3. The lowest BCUT2D eigenvalue weighted by Crippen LogP contribution is -3.61. The molecule has 0 spiro atoms. The van der Waals surface area contributed by atoms with E-state index in [9.17, 15) is 0 Å². The molecule has 35 heavy (non-hydrogen) atoms. The molecule has 0 radical (unpaired) electrons. The molecule has 0 bridgehead atoms. The number of benzene rings is 3. The van der Waals surface area contributed by atoms with Gasteiger partial charge in [-0.2, -0.15) is 0 Å². The molecule has 1 fully saturated rings. The van der Waals surface area contributed by atoms with Crippen molar-refractivity contribution in [2.45, 2.75) is 46.5 Å². The highest BCUT2D eigenvalue weighted by Gasteiger charge is 2.37. The Kier molecular flexibility index (Phi) is 8.96. The van der Waals surface area contributed by atoms with E-state index >= 15 is 0 Å². The van der Waals surface area contributed by atoms with Crippen LogP contribution < -0.4 is 30.7 Å². The van der Waals surface area contributed by atoms with Crippen molar-refractivity contribution in [2.75, 3.05) is 19.8 Å². The normalized spacial score (nSPS) is 14.9. The van der Waals surface area contributed by atoms with Gasteiger partial charge in [-0.05, 0) is 112 Å². The smallest absolute Gasteiger partial charge is 0.358 e. The topological polar surface area (TPSA) is 27.7 Å². The van der Waals surface area contributed by atoms with E-state index in [0.717, 1.165) is 44.0 Å². The Hall–Kier alpha value is -0.590. The van der Waals surface area contributed by atoms with Crippen molar-refractivity contribution in [3.63, 3.8) is 0 Å². The van der Waals surface area contributed by atoms with Crippen LogP contribution in [0.4, 0.5) is 0 Å². The minimum atomic E-state index is -0.228. The highest BCUT2D eigenvalue weighted by atomic mass is 127. The first kappa shape index (κ1) is 27.4. The Labute approximate surface area is 247 Å². The van der Waals surface area contributed by atoms with Crippen LogP contribution in [0.2, 0.25) is 0 Å². The maximum atomic E-state index is 6.31. The zero-order chi connectivity index (χ0) is 25.2. The molecule has 0 aliphatic carbocycles. The van der Waals surface area contributed by atoms with E-state index in [4.69, 9.17) is 14.2 Å². The van der Waals surface area contributed by atoms with Crippen LogP contribution in [0.3, 0.4) is 0 Å². The maximum absolute atomic E-state index is 6.31. The van der Waals surface area contributed by atoms with Gasteiger partial charge in [0.15, 0.2) is 7.14 Å². The molecule has 0 saturated carbocycles. The van der Waals surface area contributed by atoms with Gasteiger partial charge in [0, 0.05) is 5.56 Å². The fraction of sp³-hybridized carbons (Fsp3) is 0.379. The van der Waals surface area contributed by atoms with Crippen molar-refractivity contribution < 1.29 is 35.4 Å². The molecule has 0 N–H and O–H groups in total. The lowest BCUT2D eigenvalue weighted by Gasteiger charge is -2.40. The number of ether oxygens (including phenoxy) is 3. The van der Waals surface area contributed by atoms with Gasteiger partial charge in [-0.25, -0.2) is 0 Å². The van der Waals surface area contributed by atoms with Gasteiger partial charge in [0.1, 0.15) is 17.2 Å². The second-order valence-electron chi connectivity index (χ2n) is 10.2. The molecule has 1 heterocycles. The summed E-state index contributed by atoms with van der Waals surface area (Å²) < 4.78 is 22.9. The van der Waals surface area contributed by atoms with Crippen molar-refractivity contribution in [2.24, 2.45) is 5.41 Å². The molecule has 1 aliphatic rings. The van der Waals surface area contributed by atoms with E-state index in [0.29, 0.717) is 6.61 Å². The van der Waals surface area contributed by atoms with Gasteiger partial charge >= 0.3 is 21.2 Å². The van der Waals surface area contributed by atoms with Crippen LogP contribution in [0.15, 0.2) is 54.6 Å². The van der Waals surface area contributed by atoms with Crippen LogP contribution in [0.5, 0.6) is 17.2 Å². The van der Waals surface area contributed by atoms with Gasteiger partial charge in [-0.1, -0.05) is 39.8 Å². The maximum Gasteiger partial charge on any atom is 0.358 e. The number of hydrogen-bond acceptors (Lipinski definition) is 3. The summed E-state index contributed by atoms with van der Waals surface area (Å²) in [6.07, 6.45) is 1.07. The van der Waals surface area contributed by atoms with Crippen LogP contribution in [-0.2, 0) is 10.2 Å². The average Bonchev–Trinajstić information content (AvgIpc) is 2.78. The van der Waals surface area contributed by atoms with E-state index < -0.39 is 0 Å². The summed E-state index contributed by atoms with van der Waals surface area (Å²) in [5.74, 6) is 2.65. The molecule has 1 saturated heterocycles. The average molecular weight is 809 g/mol. The molecule has 1 aliphatic heterocycles. The largest absolute Gasteiger partial charge is 0.492 e. The Bertz CT molecular complexity index is 1170. The van der Waals surface area contributed by atoms with Crippen molar-refractivity contribution >= 4 is 45.2 Å². The lowest BCUT2D eigenvalue weighted by molar-refractivity contribution is -0.598. The summed E-state index contributed by atoms with van der Waals surface area (Å²) in [7, 11) is 0. The molecule has 186 valence electrons. The van der Waals surface area contributed by atoms with E-state index in [2.05, 4.69) is 134 Å². The van der Waals surface area contributed by atoms with Crippen LogP contribution in [0.1, 0.15) is 45.2 Å². The van der Waals surface area contributed by atoms with Crippen molar-refractivity contribution in [3.8, 4) is 17.2 Å². The van der Waals surface area contributed by atoms with Crippen LogP contribution in [0.25, 0.3) is 0 Å². The molecule has 3 aromatic rings. The molecule has 3 nitrogen and oxygen atoms in total. The van der Waals surface area contributed by atoms with Gasteiger partial charge in [0.05, 0.1) is 32.4 Å². The van der Waals surface area contributed by atoms with E-state index in [1.807, 2.05) is 0 Å². The standard InChI is InChI=1S/C29H32I3O3/c1-6-29(16-33-17-29)18-34-26-14-24(31)27(15-23(26)30)35-22-11-12-25(19(2)13-22)32-21-9-7-20(8-10-21)28(3,4)5/h7-15H,6,16-18H2,1-5H3/q+1. The zero-order valence-electron chi connectivity index (χ0n) is 20.9. The van der Waals surface area contributed by atoms with Crippen molar-refractivity contribution in [3.05, 3.63) is 80.0 Å². The minimum Gasteiger partial charge on any atom is -0.492 e. The molecule has 6 heteroatoms. The van der Waals surface area contributed by atoms with Gasteiger partial charge in [-0.3, -0.25) is 0 Å². The second-order valence-corrected chi connectivity index (χ2v) is 15.5. The van der Waals surface area contributed by atoms with Gasteiger partial charge < -0.3 is 14.2 Å². The van der Waals surface area contributed by atoms with Crippen molar-refractivity contribution in [1.29, 1.82) is 0 Å². The molecule has 0 atom stereocenters. The molecular formula is C29H32I3O3+. The summed E-state index contributed by atoms with van der Waals surface area (Å²) >= 11 is 4.44. The summed E-state index contributed by atoms with van der Waals surface area (Å²) in [5.41, 5.74) is 3.02. The summed E-state index contributed by atoms with van der Waals surface area (Å²) in [6, 6.07) is 19.8. The monoisotopic (exact) mass is 809 g/mol. The molecular weight excluding hydrogens is 777 g/mol. The predicted molar refractivity (Wildman–Crippen MR) is 155 cm³/mol. The number of hydrogen-bond donors (Lipinski definition) is 0. The quantitative estimate of drug-likeness (QED) is 0.293. The third kappa shape index (κ3) is 6.84. The molecule has 0 unspecified atom stereocenters. The molecule has 3 aromatic carbocycles. The first-order chi connectivity index (χ1) is 16.6. The van der Waals surface area contributed by atoms with Gasteiger partial charge in [0.25, 0.3) is 0 Å². The summed E-state index contributed by atoms with van der Waals surface area (Å²) in [4.78, 5) is 0. The highest BCUT2D eigenvalue weighted by molar-refractivity contribution is 14.1.